The summed E-state index contributed by atoms with van der Waals surface area (Å²) in [7, 11) is 1.56. The second-order valence-corrected chi connectivity index (χ2v) is 6.72. The van der Waals surface area contributed by atoms with Crippen molar-refractivity contribution in [2.75, 3.05) is 13.6 Å². The van der Waals surface area contributed by atoms with Gasteiger partial charge < -0.3 is 10.0 Å². The average molecular weight is 311 g/mol. The Morgan fingerprint density at radius 3 is 2.38 bits per heavy atom. The molecule has 21 heavy (non-hydrogen) atoms. The number of carbonyl (C=O) groups is 3. The number of carboxylic acids is 1. The van der Waals surface area contributed by atoms with Crippen LogP contribution in [-0.4, -0.2) is 41.3 Å². The van der Waals surface area contributed by atoms with E-state index < -0.39 is 11.9 Å². The molecule has 0 aliphatic rings. The Morgan fingerprint density at radius 2 is 1.90 bits per heavy atom. The largest absolute Gasteiger partial charge is 0.481 e. The van der Waals surface area contributed by atoms with Crippen LogP contribution in [0.25, 0.3) is 0 Å². The lowest BCUT2D eigenvalue weighted by molar-refractivity contribution is -0.142. The van der Waals surface area contributed by atoms with Gasteiger partial charge in [-0.1, -0.05) is 6.92 Å². The third kappa shape index (κ3) is 4.97. The molecular weight excluding hydrogens is 290 g/mol. The molecule has 1 N–H and O–H groups in total. The summed E-state index contributed by atoms with van der Waals surface area (Å²) in [6.45, 7) is 5.54. The van der Waals surface area contributed by atoms with Crippen molar-refractivity contribution < 1.29 is 19.5 Å². The number of carbonyl (C=O) groups excluding carboxylic acids is 2. The van der Waals surface area contributed by atoms with Crippen molar-refractivity contribution in [2.45, 2.75) is 33.6 Å². The Bertz CT molecular complexity index is 550. The maximum atomic E-state index is 12.1. The van der Waals surface area contributed by atoms with Crippen LogP contribution in [0.4, 0.5) is 0 Å². The molecule has 0 fully saturated rings. The number of aliphatic carboxylic acids is 1. The lowest BCUT2D eigenvalue weighted by atomic mass is 10.1. The van der Waals surface area contributed by atoms with Crippen LogP contribution in [0, 0.1) is 19.8 Å². The lowest BCUT2D eigenvalue weighted by Gasteiger charge is -2.19. The first-order valence-electron chi connectivity index (χ1n) is 6.79. The van der Waals surface area contributed by atoms with E-state index in [0.717, 1.165) is 9.75 Å². The number of Topliss-reactive ketones (excluding diaryl/α,β-unsaturated/α-hetero) is 1. The van der Waals surface area contributed by atoms with Crippen LogP contribution < -0.4 is 0 Å². The van der Waals surface area contributed by atoms with Crippen LogP contribution in [0.15, 0.2) is 6.07 Å². The maximum Gasteiger partial charge on any atom is 0.308 e. The Labute approximate surface area is 128 Å². The van der Waals surface area contributed by atoms with E-state index >= 15 is 0 Å². The summed E-state index contributed by atoms with van der Waals surface area (Å²) < 4.78 is 0. The van der Waals surface area contributed by atoms with Gasteiger partial charge in [0.25, 0.3) is 0 Å². The molecule has 1 amide bonds. The van der Waals surface area contributed by atoms with Gasteiger partial charge in [0.15, 0.2) is 5.78 Å². The van der Waals surface area contributed by atoms with Crippen molar-refractivity contribution in [1.29, 1.82) is 0 Å². The van der Waals surface area contributed by atoms with Crippen LogP contribution in [0.5, 0.6) is 0 Å². The van der Waals surface area contributed by atoms with Crippen molar-refractivity contribution in [2.24, 2.45) is 5.92 Å². The fourth-order valence-corrected chi connectivity index (χ4v) is 2.99. The smallest absolute Gasteiger partial charge is 0.308 e. The summed E-state index contributed by atoms with van der Waals surface area (Å²) in [5.74, 6) is -1.79. The van der Waals surface area contributed by atoms with Crippen molar-refractivity contribution in [3.63, 3.8) is 0 Å². The highest BCUT2D eigenvalue weighted by Gasteiger charge is 2.19. The van der Waals surface area contributed by atoms with E-state index in [1.165, 1.54) is 4.90 Å². The molecule has 1 unspecified atom stereocenters. The molecule has 5 nitrogen and oxygen atoms in total. The second kappa shape index (κ2) is 7.36. The van der Waals surface area contributed by atoms with E-state index in [2.05, 4.69) is 0 Å². The van der Waals surface area contributed by atoms with Crippen LogP contribution in [-0.2, 0) is 9.59 Å². The van der Waals surface area contributed by atoms with Crippen LogP contribution in [0.3, 0.4) is 0 Å². The van der Waals surface area contributed by atoms with Gasteiger partial charge in [0.05, 0.1) is 5.92 Å². The molecule has 0 saturated heterocycles. The molecule has 1 aromatic heterocycles. The van der Waals surface area contributed by atoms with E-state index in [4.69, 9.17) is 5.11 Å². The van der Waals surface area contributed by atoms with Crippen molar-refractivity contribution in [1.82, 2.24) is 4.90 Å². The van der Waals surface area contributed by atoms with Gasteiger partial charge in [-0.15, -0.1) is 11.3 Å². The molecule has 0 aromatic carbocycles. The Hall–Kier alpha value is -1.69. The third-order valence-electron chi connectivity index (χ3n) is 3.30. The number of hydrogen-bond donors (Lipinski definition) is 1. The molecule has 1 heterocycles. The summed E-state index contributed by atoms with van der Waals surface area (Å²) in [5.41, 5.74) is 0.687. The van der Waals surface area contributed by atoms with E-state index in [9.17, 15) is 14.4 Å². The minimum Gasteiger partial charge on any atom is -0.481 e. The number of carboxylic acid groups (broad SMARTS) is 1. The molecule has 6 heteroatoms. The maximum absolute atomic E-state index is 12.1. The number of hydrogen-bond acceptors (Lipinski definition) is 4. The number of aryl methyl sites for hydroxylation is 2. The first-order valence-corrected chi connectivity index (χ1v) is 7.61. The topological polar surface area (TPSA) is 74.7 Å². The predicted molar refractivity (Wildman–Crippen MR) is 81.8 cm³/mol. The molecule has 1 atom stereocenters. The fourth-order valence-electron chi connectivity index (χ4n) is 2.04. The number of rotatable bonds is 7. The zero-order chi connectivity index (χ0) is 16.2. The van der Waals surface area contributed by atoms with Crippen LogP contribution >= 0.6 is 11.3 Å². The standard InChI is InChI=1S/C15H21NO4S/c1-9(15(19)20)8-16(4)14(18)6-5-13(17)12-7-10(2)21-11(12)3/h7,9H,5-6,8H2,1-4H3,(H,19,20). The molecule has 1 rings (SSSR count). The second-order valence-electron chi connectivity index (χ2n) is 5.26. The molecule has 0 saturated carbocycles. The van der Waals surface area contributed by atoms with Gasteiger partial charge in [-0.3, -0.25) is 14.4 Å². The third-order valence-corrected chi connectivity index (χ3v) is 4.27. The Morgan fingerprint density at radius 1 is 1.29 bits per heavy atom. The van der Waals surface area contributed by atoms with E-state index in [1.807, 2.05) is 19.9 Å². The van der Waals surface area contributed by atoms with E-state index in [0.29, 0.717) is 5.56 Å². The van der Waals surface area contributed by atoms with Crippen LogP contribution in [0.2, 0.25) is 0 Å². The minimum atomic E-state index is -0.935. The van der Waals surface area contributed by atoms with Gasteiger partial charge in [0, 0.05) is 41.8 Å². The molecular formula is C15H21NO4S. The number of ketones is 1. The molecule has 0 aliphatic carbocycles. The Balaban J connectivity index is 2.51. The summed E-state index contributed by atoms with van der Waals surface area (Å²) in [4.78, 5) is 38.2. The fraction of sp³-hybridized carbons (Fsp3) is 0.533. The van der Waals surface area contributed by atoms with Crippen molar-refractivity contribution in [3.8, 4) is 0 Å². The van der Waals surface area contributed by atoms with Gasteiger partial charge in [0.2, 0.25) is 5.91 Å². The number of nitrogens with zero attached hydrogens (tertiary/aromatic N) is 1. The lowest BCUT2D eigenvalue weighted by Crippen LogP contribution is -2.33. The monoisotopic (exact) mass is 311 g/mol. The quantitative estimate of drug-likeness (QED) is 0.785. The van der Waals surface area contributed by atoms with Gasteiger partial charge in [-0.2, -0.15) is 0 Å². The van der Waals surface area contributed by atoms with E-state index in [-0.39, 0.29) is 31.1 Å². The normalized spacial score (nSPS) is 12.0. The highest BCUT2D eigenvalue weighted by Crippen LogP contribution is 2.22. The summed E-state index contributed by atoms with van der Waals surface area (Å²) >= 11 is 1.57. The molecule has 1 aromatic rings. The number of thiophene rings is 1. The Kier molecular flexibility index (Phi) is 6.08. The first-order chi connectivity index (χ1) is 9.72. The first kappa shape index (κ1) is 17.4. The van der Waals surface area contributed by atoms with E-state index in [1.54, 1.807) is 25.3 Å². The summed E-state index contributed by atoms with van der Waals surface area (Å²) in [5, 5.41) is 8.82. The van der Waals surface area contributed by atoms with Crippen molar-refractivity contribution in [3.05, 3.63) is 21.4 Å². The average Bonchev–Trinajstić information content (AvgIpc) is 2.74. The van der Waals surface area contributed by atoms with Gasteiger partial charge in [-0.25, -0.2) is 0 Å². The predicted octanol–water partition coefficient (Wildman–Crippen LogP) is 2.51. The number of amides is 1. The molecule has 0 bridgehead atoms. The molecule has 0 aliphatic heterocycles. The van der Waals surface area contributed by atoms with Crippen LogP contribution in [0.1, 0.15) is 39.9 Å². The van der Waals surface area contributed by atoms with Crippen molar-refractivity contribution >= 4 is 29.0 Å². The zero-order valence-corrected chi connectivity index (χ0v) is 13.6. The van der Waals surface area contributed by atoms with Gasteiger partial charge >= 0.3 is 5.97 Å². The molecule has 0 spiro atoms. The molecule has 116 valence electrons. The summed E-state index contributed by atoms with van der Waals surface area (Å²) in [6.07, 6.45) is 0.262. The highest BCUT2D eigenvalue weighted by atomic mass is 32.1. The SMILES string of the molecule is Cc1cc(C(=O)CCC(=O)N(C)CC(C)C(=O)O)c(C)s1. The highest BCUT2D eigenvalue weighted by molar-refractivity contribution is 7.12. The minimum absolute atomic E-state index is 0.0371. The van der Waals surface area contributed by atoms with Gasteiger partial charge in [0.1, 0.15) is 0 Å². The zero-order valence-electron chi connectivity index (χ0n) is 12.8. The van der Waals surface area contributed by atoms with Gasteiger partial charge in [-0.05, 0) is 19.9 Å². The summed E-state index contributed by atoms with van der Waals surface area (Å²) in [6, 6.07) is 1.85. The molecule has 0 radical (unpaired) electrons.